The Morgan fingerprint density at radius 3 is 2.65 bits per heavy atom. The number of aromatic nitrogens is 1. The Hall–Kier alpha value is -1.35. The quantitative estimate of drug-likeness (QED) is 0.874. The first-order valence-corrected chi connectivity index (χ1v) is 6.74. The molecule has 0 saturated heterocycles. The normalized spacial score (nSPS) is 10.9. The summed E-state index contributed by atoms with van der Waals surface area (Å²) in [6.07, 6.45) is 0. The van der Waals surface area contributed by atoms with Crippen molar-refractivity contribution in [1.29, 1.82) is 0 Å². The molecule has 90 valence electrons. The molecule has 2 aromatic rings. The van der Waals surface area contributed by atoms with Gasteiger partial charge in [0.2, 0.25) is 0 Å². The Morgan fingerprint density at radius 1 is 1.29 bits per heavy atom. The van der Waals surface area contributed by atoms with Gasteiger partial charge in [0.1, 0.15) is 0 Å². The van der Waals surface area contributed by atoms with Crippen LogP contribution in [0.2, 0.25) is 0 Å². The highest BCUT2D eigenvalue weighted by molar-refractivity contribution is 7.14. The summed E-state index contributed by atoms with van der Waals surface area (Å²) in [4.78, 5) is 4.57. The van der Waals surface area contributed by atoms with E-state index in [1.807, 2.05) is 7.05 Å². The molecule has 0 saturated carbocycles. The Kier molecular flexibility index (Phi) is 3.48. The summed E-state index contributed by atoms with van der Waals surface area (Å²) in [5, 5.41) is 6.16. The van der Waals surface area contributed by atoms with Crippen LogP contribution in [0.25, 0.3) is 11.3 Å². The van der Waals surface area contributed by atoms with Gasteiger partial charge in [-0.2, -0.15) is 0 Å². The Labute approximate surface area is 107 Å². The molecule has 0 unspecified atom stereocenters. The van der Waals surface area contributed by atoms with Gasteiger partial charge >= 0.3 is 0 Å². The first-order valence-electron chi connectivity index (χ1n) is 5.86. The largest absolute Gasteiger partial charge is 0.365 e. The second-order valence-electron chi connectivity index (χ2n) is 4.52. The second kappa shape index (κ2) is 4.88. The number of hydrogen-bond donors (Lipinski definition) is 1. The number of rotatable bonds is 3. The maximum atomic E-state index is 4.57. The van der Waals surface area contributed by atoms with Gasteiger partial charge in [-0.05, 0) is 30.0 Å². The maximum Gasteiger partial charge on any atom is 0.182 e. The Balaban J connectivity index is 2.46. The van der Waals surface area contributed by atoms with Crippen LogP contribution in [-0.4, -0.2) is 12.0 Å². The van der Waals surface area contributed by atoms with E-state index < -0.39 is 0 Å². The lowest BCUT2D eigenvalue weighted by molar-refractivity contribution is 0.866. The first-order chi connectivity index (χ1) is 8.11. The van der Waals surface area contributed by atoms with E-state index in [9.17, 15) is 0 Å². The SMILES string of the molecule is CNc1nc(-c2cc(C(C)C)ccc2C)cs1. The van der Waals surface area contributed by atoms with Crippen molar-refractivity contribution in [3.63, 3.8) is 0 Å². The van der Waals surface area contributed by atoms with E-state index in [2.05, 4.69) is 54.7 Å². The fraction of sp³-hybridized carbons (Fsp3) is 0.357. The number of thiazole rings is 1. The van der Waals surface area contributed by atoms with Crippen molar-refractivity contribution in [3.05, 3.63) is 34.7 Å². The van der Waals surface area contributed by atoms with Crippen molar-refractivity contribution in [2.75, 3.05) is 12.4 Å². The van der Waals surface area contributed by atoms with E-state index in [1.54, 1.807) is 11.3 Å². The summed E-state index contributed by atoms with van der Waals surface area (Å²) < 4.78 is 0. The summed E-state index contributed by atoms with van der Waals surface area (Å²) in [7, 11) is 1.90. The van der Waals surface area contributed by atoms with Crippen LogP contribution >= 0.6 is 11.3 Å². The molecule has 1 aromatic carbocycles. The molecule has 1 N–H and O–H groups in total. The third-order valence-electron chi connectivity index (χ3n) is 2.92. The number of nitrogens with one attached hydrogen (secondary N) is 1. The third-order valence-corrected chi connectivity index (χ3v) is 3.78. The van der Waals surface area contributed by atoms with E-state index in [4.69, 9.17) is 0 Å². The average Bonchev–Trinajstić information content (AvgIpc) is 2.77. The van der Waals surface area contributed by atoms with Crippen molar-refractivity contribution in [2.24, 2.45) is 0 Å². The minimum Gasteiger partial charge on any atom is -0.365 e. The standard InChI is InChI=1S/C14H18N2S/c1-9(2)11-6-5-10(3)12(7-11)13-8-17-14(15-4)16-13/h5-9H,1-4H3,(H,15,16). The van der Waals surface area contributed by atoms with Gasteiger partial charge in [0.15, 0.2) is 5.13 Å². The van der Waals surface area contributed by atoms with Crippen LogP contribution in [0.15, 0.2) is 23.6 Å². The van der Waals surface area contributed by atoms with E-state index in [0.29, 0.717) is 5.92 Å². The van der Waals surface area contributed by atoms with Gasteiger partial charge in [-0.1, -0.05) is 26.0 Å². The van der Waals surface area contributed by atoms with E-state index in [1.165, 1.54) is 16.7 Å². The van der Waals surface area contributed by atoms with Crippen molar-refractivity contribution >= 4 is 16.5 Å². The van der Waals surface area contributed by atoms with Crippen molar-refractivity contribution in [2.45, 2.75) is 26.7 Å². The zero-order valence-corrected chi connectivity index (χ0v) is 11.6. The minimum atomic E-state index is 0.553. The van der Waals surface area contributed by atoms with E-state index >= 15 is 0 Å². The van der Waals surface area contributed by atoms with Gasteiger partial charge in [0, 0.05) is 18.0 Å². The molecule has 0 spiro atoms. The summed E-state index contributed by atoms with van der Waals surface area (Å²) >= 11 is 1.65. The zero-order chi connectivity index (χ0) is 12.4. The molecule has 0 aliphatic heterocycles. The molecule has 0 amide bonds. The van der Waals surface area contributed by atoms with Gasteiger partial charge in [-0.25, -0.2) is 4.98 Å². The van der Waals surface area contributed by atoms with Crippen LogP contribution in [0.3, 0.4) is 0 Å². The number of hydrogen-bond acceptors (Lipinski definition) is 3. The molecule has 0 atom stereocenters. The number of aryl methyl sites for hydroxylation is 1. The smallest absolute Gasteiger partial charge is 0.182 e. The summed E-state index contributed by atoms with van der Waals surface area (Å²) in [5.41, 5.74) is 4.96. The molecule has 3 heteroatoms. The Morgan fingerprint density at radius 2 is 2.06 bits per heavy atom. The molecule has 2 nitrogen and oxygen atoms in total. The topological polar surface area (TPSA) is 24.9 Å². The lowest BCUT2D eigenvalue weighted by atomic mass is 9.97. The highest BCUT2D eigenvalue weighted by Crippen LogP contribution is 2.29. The highest BCUT2D eigenvalue weighted by Gasteiger charge is 2.09. The Bertz CT molecular complexity index is 515. The van der Waals surface area contributed by atoms with Crippen LogP contribution in [-0.2, 0) is 0 Å². The van der Waals surface area contributed by atoms with Crippen molar-refractivity contribution < 1.29 is 0 Å². The van der Waals surface area contributed by atoms with Crippen LogP contribution in [0.5, 0.6) is 0 Å². The first kappa shape index (κ1) is 12.1. The minimum absolute atomic E-state index is 0.553. The lowest BCUT2D eigenvalue weighted by Crippen LogP contribution is -1.92. The van der Waals surface area contributed by atoms with Crippen LogP contribution in [0.4, 0.5) is 5.13 Å². The van der Waals surface area contributed by atoms with Gasteiger partial charge < -0.3 is 5.32 Å². The van der Waals surface area contributed by atoms with Gasteiger partial charge in [0.25, 0.3) is 0 Å². The molecule has 0 aliphatic rings. The van der Waals surface area contributed by atoms with Crippen LogP contribution in [0, 0.1) is 6.92 Å². The van der Waals surface area contributed by atoms with Crippen LogP contribution < -0.4 is 5.32 Å². The van der Waals surface area contributed by atoms with Gasteiger partial charge in [-0.15, -0.1) is 11.3 Å². The number of nitrogens with zero attached hydrogens (tertiary/aromatic N) is 1. The molecule has 0 aliphatic carbocycles. The van der Waals surface area contributed by atoms with Crippen molar-refractivity contribution in [3.8, 4) is 11.3 Å². The molecular weight excluding hydrogens is 228 g/mol. The molecular formula is C14H18N2S. The molecule has 0 radical (unpaired) electrons. The number of benzene rings is 1. The molecule has 17 heavy (non-hydrogen) atoms. The van der Waals surface area contributed by atoms with E-state index in [0.717, 1.165) is 10.8 Å². The fourth-order valence-electron chi connectivity index (χ4n) is 1.79. The van der Waals surface area contributed by atoms with E-state index in [-0.39, 0.29) is 0 Å². The maximum absolute atomic E-state index is 4.57. The van der Waals surface area contributed by atoms with Gasteiger partial charge in [0.05, 0.1) is 5.69 Å². The molecule has 0 bridgehead atoms. The second-order valence-corrected chi connectivity index (χ2v) is 5.38. The predicted molar refractivity (Wildman–Crippen MR) is 75.9 cm³/mol. The molecule has 1 aromatic heterocycles. The highest BCUT2D eigenvalue weighted by atomic mass is 32.1. The fourth-order valence-corrected chi connectivity index (χ4v) is 2.46. The molecule has 1 heterocycles. The van der Waals surface area contributed by atoms with Gasteiger partial charge in [-0.3, -0.25) is 0 Å². The number of anilines is 1. The monoisotopic (exact) mass is 246 g/mol. The van der Waals surface area contributed by atoms with Crippen molar-refractivity contribution in [1.82, 2.24) is 4.98 Å². The average molecular weight is 246 g/mol. The summed E-state index contributed by atoms with van der Waals surface area (Å²) in [6.45, 7) is 6.57. The summed E-state index contributed by atoms with van der Waals surface area (Å²) in [5.74, 6) is 0.553. The molecule has 0 fully saturated rings. The predicted octanol–water partition coefficient (Wildman–Crippen LogP) is 4.28. The van der Waals surface area contributed by atoms with Crippen LogP contribution in [0.1, 0.15) is 30.9 Å². The third kappa shape index (κ3) is 2.50. The lowest BCUT2D eigenvalue weighted by Gasteiger charge is -2.09. The zero-order valence-electron chi connectivity index (χ0n) is 10.7. The summed E-state index contributed by atoms with van der Waals surface area (Å²) in [6, 6.07) is 6.65. The molecule has 2 rings (SSSR count).